The van der Waals surface area contributed by atoms with Gasteiger partial charge in [0.15, 0.2) is 0 Å². The van der Waals surface area contributed by atoms with Crippen molar-refractivity contribution in [1.82, 2.24) is 5.32 Å². The highest BCUT2D eigenvalue weighted by molar-refractivity contribution is 5.88. The van der Waals surface area contributed by atoms with Gasteiger partial charge in [-0.05, 0) is 47.7 Å². The second kappa shape index (κ2) is 7.20. The maximum absolute atomic E-state index is 12.5. The van der Waals surface area contributed by atoms with Crippen molar-refractivity contribution in [3.05, 3.63) is 78.4 Å². The fraction of sp³-hybridized carbons (Fsp3) is 0.261. The SMILES string of the molecule is O=C(CCCOc1ccccc1)NC1(c2cccc3ccccc23)CC1. The van der Waals surface area contributed by atoms with Crippen LogP contribution in [0.2, 0.25) is 0 Å². The zero-order chi connectivity index (χ0) is 17.8. The van der Waals surface area contributed by atoms with E-state index >= 15 is 0 Å². The van der Waals surface area contributed by atoms with Gasteiger partial charge in [-0.1, -0.05) is 60.7 Å². The minimum atomic E-state index is -0.182. The Kier molecular flexibility index (Phi) is 4.61. The fourth-order valence-corrected chi connectivity index (χ4v) is 3.50. The number of hydrogen-bond acceptors (Lipinski definition) is 2. The zero-order valence-corrected chi connectivity index (χ0v) is 14.8. The predicted octanol–water partition coefficient (Wildman–Crippen LogP) is 4.80. The smallest absolute Gasteiger partial charge is 0.220 e. The van der Waals surface area contributed by atoms with E-state index in [1.807, 2.05) is 30.3 Å². The molecule has 1 N–H and O–H groups in total. The normalized spacial score (nSPS) is 14.8. The van der Waals surface area contributed by atoms with Crippen molar-refractivity contribution in [1.29, 1.82) is 0 Å². The van der Waals surface area contributed by atoms with Crippen LogP contribution in [-0.2, 0) is 10.3 Å². The lowest BCUT2D eigenvalue weighted by atomic mass is 9.97. The third kappa shape index (κ3) is 3.57. The van der Waals surface area contributed by atoms with E-state index in [0.717, 1.165) is 18.6 Å². The van der Waals surface area contributed by atoms with Gasteiger partial charge in [-0.2, -0.15) is 0 Å². The Morgan fingerprint density at radius 2 is 1.65 bits per heavy atom. The van der Waals surface area contributed by atoms with Crippen LogP contribution in [0.15, 0.2) is 72.8 Å². The number of para-hydroxylation sites is 1. The summed E-state index contributed by atoms with van der Waals surface area (Å²) in [6.45, 7) is 0.554. The quantitative estimate of drug-likeness (QED) is 0.624. The summed E-state index contributed by atoms with van der Waals surface area (Å²) in [6, 6.07) is 24.4. The zero-order valence-electron chi connectivity index (χ0n) is 14.8. The van der Waals surface area contributed by atoms with Crippen LogP contribution in [0, 0.1) is 0 Å². The van der Waals surface area contributed by atoms with Crippen molar-refractivity contribution in [2.75, 3.05) is 6.61 Å². The molecule has 3 nitrogen and oxygen atoms in total. The molecule has 1 aliphatic carbocycles. The Balaban J connectivity index is 1.35. The molecular formula is C23H23NO2. The molecule has 0 unspecified atom stereocenters. The Morgan fingerprint density at radius 1 is 0.923 bits per heavy atom. The molecule has 3 aromatic rings. The molecular weight excluding hydrogens is 322 g/mol. The summed E-state index contributed by atoms with van der Waals surface area (Å²) in [5.41, 5.74) is 1.06. The van der Waals surface area contributed by atoms with Gasteiger partial charge >= 0.3 is 0 Å². The van der Waals surface area contributed by atoms with E-state index in [1.54, 1.807) is 0 Å². The first-order valence-corrected chi connectivity index (χ1v) is 9.24. The van der Waals surface area contributed by atoms with Crippen LogP contribution in [0.3, 0.4) is 0 Å². The van der Waals surface area contributed by atoms with Gasteiger partial charge in [0.05, 0.1) is 12.1 Å². The van der Waals surface area contributed by atoms with Crippen molar-refractivity contribution in [2.24, 2.45) is 0 Å². The van der Waals surface area contributed by atoms with Crippen molar-refractivity contribution in [3.63, 3.8) is 0 Å². The number of carbonyl (C=O) groups excluding carboxylic acids is 1. The summed E-state index contributed by atoms with van der Waals surface area (Å²) in [6.07, 6.45) is 3.21. The van der Waals surface area contributed by atoms with E-state index in [1.165, 1.54) is 16.3 Å². The first-order chi connectivity index (χ1) is 12.8. The standard InChI is InChI=1S/C23H23NO2/c25-22(14-7-17-26-19-10-2-1-3-11-19)24-23(15-16-23)21-13-6-9-18-8-4-5-12-20(18)21/h1-6,8-13H,7,14-17H2,(H,24,25). The number of ether oxygens (including phenoxy) is 1. The fourth-order valence-electron chi connectivity index (χ4n) is 3.50. The number of hydrogen-bond donors (Lipinski definition) is 1. The summed E-state index contributed by atoms with van der Waals surface area (Å²) in [7, 11) is 0. The summed E-state index contributed by atoms with van der Waals surface area (Å²) in [4.78, 5) is 12.5. The minimum absolute atomic E-state index is 0.104. The van der Waals surface area contributed by atoms with E-state index < -0.39 is 0 Å². The number of fused-ring (bicyclic) bond motifs is 1. The second-order valence-electron chi connectivity index (χ2n) is 6.92. The Bertz CT molecular complexity index is 895. The molecule has 0 radical (unpaired) electrons. The average molecular weight is 345 g/mol. The van der Waals surface area contributed by atoms with Crippen molar-refractivity contribution in [2.45, 2.75) is 31.2 Å². The third-order valence-corrected chi connectivity index (χ3v) is 4.99. The van der Waals surface area contributed by atoms with E-state index in [9.17, 15) is 4.79 Å². The Morgan fingerprint density at radius 3 is 2.46 bits per heavy atom. The van der Waals surface area contributed by atoms with Crippen LogP contribution in [0.4, 0.5) is 0 Å². The maximum Gasteiger partial charge on any atom is 0.220 e. The van der Waals surface area contributed by atoms with Gasteiger partial charge in [0.2, 0.25) is 5.91 Å². The average Bonchev–Trinajstić information content (AvgIpc) is 3.46. The molecule has 0 aromatic heterocycles. The molecule has 4 rings (SSSR count). The van der Waals surface area contributed by atoms with Gasteiger partial charge in [-0.25, -0.2) is 0 Å². The van der Waals surface area contributed by atoms with Gasteiger partial charge < -0.3 is 10.1 Å². The van der Waals surface area contributed by atoms with Gasteiger partial charge in [-0.3, -0.25) is 4.79 Å². The van der Waals surface area contributed by atoms with Gasteiger partial charge in [-0.15, -0.1) is 0 Å². The highest BCUT2D eigenvalue weighted by atomic mass is 16.5. The highest BCUT2D eigenvalue weighted by Crippen LogP contribution is 2.47. The molecule has 1 fully saturated rings. The van der Waals surface area contributed by atoms with Crippen LogP contribution in [0.5, 0.6) is 5.75 Å². The molecule has 26 heavy (non-hydrogen) atoms. The molecule has 1 aliphatic rings. The molecule has 0 saturated heterocycles. The Hall–Kier alpha value is -2.81. The van der Waals surface area contributed by atoms with E-state index in [2.05, 4.69) is 47.8 Å². The number of rotatable bonds is 7. The van der Waals surface area contributed by atoms with E-state index in [0.29, 0.717) is 19.4 Å². The largest absolute Gasteiger partial charge is 0.494 e. The van der Waals surface area contributed by atoms with Gasteiger partial charge in [0.1, 0.15) is 5.75 Å². The molecule has 1 amide bonds. The first kappa shape index (κ1) is 16.6. The summed E-state index contributed by atoms with van der Waals surface area (Å²) in [5.74, 6) is 0.953. The lowest BCUT2D eigenvalue weighted by molar-refractivity contribution is -0.122. The number of nitrogens with one attached hydrogen (secondary N) is 1. The van der Waals surface area contributed by atoms with Gasteiger partial charge in [0.25, 0.3) is 0 Å². The highest BCUT2D eigenvalue weighted by Gasteiger charge is 2.46. The monoisotopic (exact) mass is 345 g/mol. The molecule has 132 valence electrons. The molecule has 0 spiro atoms. The van der Waals surface area contributed by atoms with Crippen LogP contribution < -0.4 is 10.1 Å². The topological polar surface area (TPSA) is 38.3 Å². The molecule has 3 heteroatoms. The van der Waals surface area contributed by atoms with Gasteiger partial charge in [0, 0.05) is 6.42 Å². The van der Waals surface area contributed by atoms with E-state index in [4.69, 9.17) is 4.74 Å². The number of amides is 1. The molecule has 0 aliphatic heterocycles. The second-order valence-corrected chi connectivity index (χ2v) is 6.92. The lowest BCUT2D eigenvalue weighted by Gasteiger charge is -2.20. The maximum atomic E-state index is 12.5. The summed E-state index contributed by atoms with van der Waals surface area (Å²) >= 11 is 0. The molecule has 0 atom stereocenters. The van der Waals surface area contributed by atoms with Crippen LogP contribution in [-0.4, -0.2) is 12.5 Å². The third-order valence-electron chi connectivity index (χ3n) is 4.99. The molecule has 3 aromatic carbocycles. The van der Waals surface area contributed by atoms with E-state index in [-0.39, 0.29) is 11.4 Å². The molecule has 0 bridgehead atoms. The summed E-state index contributed by atoms with van der Waals surface area (Å²) in [5, 5.41) is 5.74. The van der Waals surface area contributed by atoms with Crippen molar-refractivity contribution >= 4 is 16.7 Å². The molecule has 0 heterocycles. The lowest BCUT2D eigenvalue weighted by Crippen LogP contribution is -2.35. The number of benzene rings is 3. The number of carbonyl (C=O) groups is 1. The summed E-state index contributed by atoms with van der Waals surface area (Å²) < 4.78 is 5.66. The molecule has 1 saturated carbocycles. The van der Waals surface area contributed by atoms with Crippen molar-refractivity contribution < 1.29 is 9.53 Å². The van der Waals surface area contributed by atoms with Crippen LogP contribution in [0.25, 0.3) is 10.8 Å². The predicted molar refractivity (Wildman–Crippen MR) is 104 cm³/mol. The van der Waals surface area contributed by atoms with Crippen LogP contribution >= 0.6 is 0 Å². The Labute approximate surface area is 154 Å². The van der Waals surface area contributed by atoms with Crippen LogP contribution in [0.1, 0.15) is 31.2 Å². The first-order valence-electron chi connectivity index (χ1n) is 9.24. The van der Waals surface area contributed by atoms with Crippen molar-refractivity contribution in [3.8, 4) is 5.75 Å². The minimum Gasteiger partial charge on any atom is -0.494 e.